The van der Waals surface area contributed by atoms with Gasteiger partial charge >= 0.3 is 0 Å². The lowest BCUT2D eigenvalue weighted by Crippen LogP contribution is -2.47. The molecule has 8 heteroatoms. The maximum Gasteiger partial charge on any atom is 0.270 e. The van der Waals surface area contributed by atoms with Gasteiger partial charge in [0.25, 0.3) is 11.6 Å². The Kier molecular flexibility index (Phi) is 5.46. The zero-order valence-electron chi connectivity index (χ0n) is 16.9. The first-order valence-electron chi connectivity index (χ1n) is 9.50. The fourth-order valence-electron chi connectivity index (χ4n) is 3.72. The molecule has 0 aliphatic heterocycles. The molecule has 0 saturated heterocycles. The number of rotatable bonds is 5. The summed E-state index contributed by atoms with van der Waals surface area (Å²) in [6.07, 6.45) is 1.57. The van der Waals surface area contributed by atoms with Crippen LogP contribution in [0.15, 0.2) is 34.7 Å². The van der Waals surface area contributed by atoms with Gasteiger partial charge < -0.3 is 15.1 Å². The van der Waals surface area contributed by atoms with E-state index in [2.05, 4.69) is 24.5 Å². The summed E-state index contributed by atoms with van der Waals surface area (Å²) in [5.74, 6) is 0.827. The van der Waals surface area contributed by atoms with Gasteiger partial charge in [-0.1, -0.05) is 19.9 Å². The molecule has 1 aromatic carbocycles. The molecule has 3 rings (SSSR count). The zero-order valence-corrected chi connectivity index (χ0v) is 16.9. The third-order valence-corrected chi connectivity index (χ3v) is 5.11. The Bertz CT molecular complexity index is 963. The number of aryl methyl sites for hydroxylation is 1. The van der Waals surface area contributed by atoms with E-state index < -0.39 is 16.9 Å². The summed E-state index contributed by atoms with van der Waals surface area (Å²) in [6.45, 7) is 7.72. The fourth-order valence-corrected chi connectivity index (χ4v) is 3.72. The van der Waals surface area contributed by atoms with Crippen molar-refractivity contribution >= 4 is 17.5 Å². The van der Waals surface area contributed by atoms with Crippen molar-refractivity contribution in [2.45, 2.75) is 52.6 Å². The number of furan rings is 1. The van der Waals surface area contributed by atoms with Gasteiger partial charge in [0.15, 0.2) is 0 Å². The molecule has 0 saturated carbocycles. The van der Waals surface area contributed by atoms with Gasteiger partial charge in [-0.3, -0.25) is 19.7 Å². The maximum absolute atomic E-state index is 12.7. The third kappa shape index (κ3) is 4.64. The fraction of sp³-hybridized carbons (Fsp3) is 0.429. The van der Waals surface area contributed by atoms with Crippen LogP contribution in [-0.2, 0) is 11.2 Å². The monoisotopic (exact) mass is 399 g/mol. The van der Waals surface area contributed by atoms with Crippen LogP contribution in [-0.4, -0.2) is 22.8 Å². The quantitative estimate of drug-likeness (QED) is 0.590. The van der Waals surface area contributed by atoms with Crippen molar-refractivity contribution in [1.29, 1.82) is 0 Å². The number of fused-ring (bicyclic) bond motifs is 1. The Labute approximate surface area is 168 Å². The molecule has 0 spiro atoms. The van der Waals surface area contributed by atoms with Gasteiger partial charge in [0.05, 0.1) is 11.0 Å². The molecule has 0 fully saturated rings. The first-order chi connectivity index (χ1) is 13.6. The van der Waals surface area contributed by atoms with E-state index in [1.54, 1.807) is 6.92 Å². The van der Waals surface area contributed by atoms with Crippen LogP contribution in [0.3, 0.4) is 0 Å². The summed E-state index contributed by atoms with van der Waals surface area (Å²) in [6, 6.07) is 6.34. The smallest absolute Gasteiger partial charge is 0.270 e. The van der Waals surface area contributed by atoms with Crippen molar-refractivity contribution in [2.75, 3.05) is 0 Å². The van der Waals surface area contributed by atoms with Crippen LogP contribution < -0.4 is 10.6 Å². The van der Waals surface area contributed by atoms with Crippen LogP contribution in [0.25, 0.3) is 0 Å². The van der Waals surface area contributed by atoms with E-state index in [9.17, 15) is 19.7 Å². The molecule has 1 heterocycles. The van der Waals surface area contributed by atoms with Crippen molar-refractivity contribution in [3.63, 3.8) is 0 Å². The Hall–Kier alpha value is -3.16. The minimum atomic E-state index is -0.803. The Morgan fingerprint density at radius 2 is 2.03 bits per heavy atom. The SMILES string of the molecule is Cc1cc2c(o1)CC(C)(C)CC2NC(=O)C(C)NC(=O)c1cccc([N+](=O)[O-])c1. The van der Waals surface area contributed by atoms with Crippen LogP contribution in [0.1, 0.15) is 60.7 Å². The summed E-state index contributed by atoms with van der Waals surface area (Å²) < 4.78 is 5.79. The topological polar surface area (TPSA) is 114 Å². The van der Waals surface area contributed by atoms with Crippen LogP contribution in [0.5, 0.6) is 0 Å². The standard InChI is InChI=1S/C21H25N3O5/c1-12-8-16-17(10-21(3,4)11-18(16)29-12)23-19(25)13(2)22-20(26)14-6-5-7-15(9-14)24(27)28/h5-9,13,17H,10-11H2,1-4H3,(H,22,26)(H,23,25). The van der Waals surface area contributed by atoms with Crippen molar-refractivity contribution in [3.8, 4) is 0 Å². The molecule has 154 valence electrons. The van der Waals surface area contributed by atoms with Gasteiger partial charge in [0.1, 0.15) is 17.6 Å². The second kappa shape index (κ2) is 7.69. The highest BCUT2D eigenvalue weighted by atomic mass is 16.6. The maximum atomic E-state index is 12.7. The number of nitro groups is 1. The summed E-state index contributed by atoms with van der Waals surface area (Å²) in [4.78, 5) is 35.4. The summed E-state index contributed by atoms with van der Waals surface area (Å²) in [5, 5.41) is 16.5. The van der Waals surface area contributed by atoms with E-state index >= 15 is 0 Å². The van der Waals surface area contributed by atoms with Gasteiger partial charge in [-0.15, -0.1) is 0 Å². The van der Waals surface area contributed by atoms with E-state index in [1.165, 1.54) is 24.3 Å². The number of hydrogen-bond donors (Lipinski definition) is 2. The molecule has 0 radical (unpaired) electrons. The van der Waals surface area contributed by atoms with Gasteiger partial charge in [0, 0.05) is 29.7 Å². The average molecular weight is 399 g/mol. The molecule has 8 nitrogen and oxygen atoms in total. The van der Waals surface area contributed by atoms with Crippen LogP contribution >= 0.6 is 0 Å². The summed E-state index contributed by atoms with van der Waals surface area (Å²) in [5.41, 5.74) is 0.907. The number of nitrogens with zero attached hydrogens (tertiary/aromatic N) is 1. The van der Waals surface area contributed by atoms with Crippen LogP contribution in [0.4, 0.5) is 5.69 Å². The normalized spacial score (nSPS) is 18.4. The molecular weight excluding hydrogens is 374 g/mol. The number of amides is 2. The number of carbonyl (C=O) groups is 2. The number of nitro benzene ring substituents is 1. The first kappa shape index (κ1) is 20.6. The van der Waals surface area contributed by atoms with E-state index in [-0.39, 0.29) is 28.6 Å². The highest BCUT2D eigenvalue weighted by Gasteiger charge is 2.36. The lowest BCUT2D eigenvalue weighted by molar-refractivity contribution is -0.384. The van der Waals surface area contributed by atoms with Crippen molar-refractivity contribution in [1.82, 2.24) is 10.6 Å². The minimum Gasteiger partial charge on any atom is -0.466 e. The number of carbonyl (C=O) groups excluding carboxylic acids is 2. The number of benzene rings is 1. The lowest BCUT2D eigenvalue weighted by atomic mass is 9.74. The lowest BCUT2D eigenvalue weighted by Gasteiger charge is -2.35. The van der Waals surface area contributed by atoms with E-state index in [4.69, 9.17) is 4.42 Å². The van der Waals surface area contributed by atoms with Crippen LogP contribution in [0, 0.1) is 22.5 Å². The number of hydrogen-bond acceptors (Lipinski definition) is 5. The van der Waals surface area contributed by atoms with Gasteiger partial charge in [-0.05, 0) is 37.8 Å². The molecular formula is C21H25N3O5. The molecule has 2 atom stereocenters. The summed E-state index contributed by atoms with van der Waals surface area (Å²) >= 11 is 0. The van der Waals surface area contributed by atoms with Crippen molar-refractivity contribution < 1.29 is 18.9 Å². The molecule has 0 bridgehead atoms. The largest absolute Gasteiger partial charge is 0.466 e. The average Bonchev–Trinajstić information content (AvgIpc) is 3.00. The summed E-state index contributed by atoms with van der Waals surface area (Å²) in [7, 11) is 0. The number of nitrogens with one attached hydrogen (secondary N) is 2. The second-order valence-electron chi connectivity index (χ2n) is 8.34. The van der Waals surface area contributed by atoms with Crippen molar-refractivity contribution in [2.24, 2.45) is 5.41 Å². The Morgan fingerprint density at radius 1 is 1.31 bits per heavy atom. The van der Waals surface area contributed by atoms with E-state index in [0.717, 1.165) is 29.9 Å². The van der Waals surface area contributed by atoms with Crippen LogP contribution in [0.2, 0.25) is 0 Å². The second-order valence-corrected chi connectivity index (χ2v) is 8.34. The van der Waals surface area contributed by atoms with Gasteiger partial charge in [-0.25, -0.2) is 0 Å². The third-order valence-electron chi connectivity index (χ3n) is 5.11. The Morgan fingerprint density at radius 3 is 2.72 bits per heavy atom. The molecule has 2 N–H and O–H groups in total. The molecule has 1 aliphatic rings. The van der Waals surface area contributed by atoms with E-state index in [0.29, 0.717) is 0 Å². The first-order valence-corrected chi connectivity index (χ1v) is 9.50. The predicted octanol–water partition coefficient (Wildman–Crippen LogP) is 3.44. The Balaban J connectivity index is 1.68. The van der Waals surface area contributed by atoms with Gasteiger partial charge in [0.2, 0.25) is 5.91 Å². The molecule has 1 aromatic heterocycles. The van der Waals surface area contributed by atoms with Crippen molar-refractivity contribution in [3.05, 3.63) is 63.1 Å². The molecule has 2 amide bonds. The zero-order chi connectivity index (χ0) is 21.3. The highest BCUT2D eigenvalue weighted by Crippen LogP contribution is 2.42. The van der Waals surface area contributed by atoms with E-state index in [1.807, 2.05) is 13.0 Å². The number of non-ortho nitro benzene ring substituents is 1. The molecule has 1 aliphatic carbocycles. The molecule has 29 heavy (non-hydrogen) atoms. The molecule has 2 unspecified atom stereocenters. The van der Waals surface area contributed by atoms with Gasteiger partial charge in [-0.2, -0.15) is 0 Å². The predicted molar refractivity (Wildman–Crippen MR) is 106 cm³/mol. The highest BCUT2D eigenvalue weighted by molar-refractivity contribution is 5.97. The minimum absolute atomic E-state index is 0.0231. The molecule has 2 aromatic rings.